The molecule has 12 atom stereocenters. The van der Waals surface area contributed by atoms with E-state index in [1.807, 2.05) is 71.0 Å². The average molecular weight is 1120 g/mol. The number of amides is 7. The summed E-state index contributed by atoms with van der Waals surface area (Å²) in [6.07, 6.45) is -0.911. The van der Waals surface area contributed by atoms with Crippen LogP contribution in [0.3, 0.4) is 0 Å². The first-order valence-electron chi connectivity index (χ1n) is 27.3. The molecule has 78 heavy (non-hydrogen) atoms. The van der Waals surface area contributed by atoms with E-state index in [0.717, 1.165) is 5.56 Å². The molecule has 21 heteroatoms. The van der Waals surface area contributed by atoms with Crippen LogP contribution in [0.25, 0.3) is 0 Å². The van der Waals surface area contributed by atoms with Crippen LogP contribution in [0.15, 0.2) is 70.6 Å². The molecule has 1 fully saturated rings. The molecule has 0 saturated carbocycles. The van der Waals surface area contributed by atoms with Gasteiger partial charge in [0, 0.05) is 51.7 Å². The number of benzene rings is 2. The quantitative estimate of drug-likeness (QED) is 0.262. The number of esters is 1. The lowest BCUT2D eigenvalue weighted by Gasteiger charge is -2.38. The molecule has 4 aliphatic heterocycles. The van der Waals surface area contributed by atoms with Crippen molar-refractivity contribution in [1.29, 1.82) is 0 Å². The molecule has 0 unspecified atom stereocenters. The Balaban J connectivity index is 1.40. The summed E-state index contributed by atoms with van der Waals surface area (Å²) in [4.78, 5) is 132. The molecule has 6 rings (SSSR count). The normalized spacial score (nSPS) is 30.3. The first-order chi connectivity index (χ1) is 36.9. The third-order valence-electron chi connectivity index (χ3n) is 15.3. The van der Waals surface area contributed by atoms with Crippen molar-refractivity contribution in [3.8, 4) is 0 Å². The topological polar surface area (TPSA) is 240 Å². The lowest BCUT2D eigenvalue weighted by atomic mass is 9.98. The Labute approximate surface area is 468 Å². The van der Waals surface area contributed by atoms with Crippen molar-refractivity contribution in [1.82, 2.24) is 35.6 Å². The average Bonchev–Trinajstić information content (AvgIpc) is 4.24. The molecule has 4 heterocycles. The Kier molecular flexibility index (Phi) is 21.2. The molecule has 2 aromatic rings. The highest BCUT2D eigenvalue weighted by Gasteiger charge is 2.47. The van der Waals surface area contributed by atoms with Crippen molar-refractivity contribution < 1.29 is 48.2 Å². The van der Waals surface area contributed by atoms with Gasteiger partial charge in [-0.15, -0.1) is 23.5 Å². The Hall–Kier alpha value is -5.80. The standard InChI is InChI=1S/C57H81N9O10S2/c1-13-39-49-59-40(30-77-49)51(70)63(10)42(27-32(2)3)47(68)61-45(36(8)67)48(69)58-35(7)34(6)55(74)76-44(29-38-23-18-15-19-24-38)53(72)65(12)46(33(4)5)54(73)66-26-20-25-41(66)52(71)64(11)43(28-37-21-16-14-17-22-37)50-62-57(9,31-78-50)56(75)60-39/h14-19,21-24,32-36,39-46,67H,13,20,25-31H2,1-12H3,(H,58,69)(H,60,75)(H,61,68)/t34-,35-,36-,39-,40+,41+,42+,43+,44+,45+,46+,57-/m1/s1. The lowest BCUT2D eigenvalue weighted by Crippen LogP contribution is -2.59. The van der Waals surface area contributed by atoms with Crippen LogP contribution in [0.5, 0.6) is 0 Å². The summed E-state index contributed by atoms with van der Waals surface area (Å²) >= 11 is 2.75. The molecule has 0 aromatic heterocycles. The van der Waals surface area contributed by atoms with Gasteiger partial charge in [-0.3, -0.25) is 48.3 Å². The van der Waals surface area contributed by atoms with Crippen LogP contribution in [0, 0.1) is 17.8 Å². The van der Waals surface area contributed by atoms with Gasteiger partial charge in [0.25, 0.3) is 5.91 Å². The third-order valence-corrected chi connectivity index (χ3v) is 17.9. The Bertz CT molecular complexity index is 2570. The van der Waals surface area contributed by atoms with E-state index in [0.29, 0.717) is 41.3 Å². The fraction of sp³-hybridized carbons (Fsp3) is 0.614. The van der Waals surface area contributed by atoms with Crippen LogP contribution < -0.4 is 16.0 Å². The molecule has 4 N–H and O–H groups in total. The summed E-state index contributed by atoms with van der Waals surface area (Å²) < 4.78 is 6.06. The summed E-state index contributed by atoms with van der Waals surface area (Å²) in [5, 5.41) is 20.6. The van der Waals surface area contributed by atoms with E-state index >= 15 is 9.59 Å². The molecule has 0 spiro atoms. The smallest absolute Gasteiger partial charge is 0.311 e. The van der Waals surface area contributed by atoms with Gasteiger partial charge in [-0.1, -0.05) is 95.3 Å². The van der Waals surface area contributed by atoms with Crippen LogP contribution in [-0.4, -0.2) is 187 Å². The number of carbonyl (C=O) groups excluding carboxylic acids is 8. The van der Waals surface area contributed by atoms with E-state index in [9.17, 15) is 33.9 Å². The van der Waals surface area contributed by atoms with Gasteiger partial charge < -0.3 is 45.4 Å². The Morgan fingerprint density at radius 2 is 1.36 bits per heavy atom. The molecular weight excluding hydrogens is 1030 g/mol. The molecular formula is C57H81N9O10S2. The van der Waals surface area contributed by atoms with Gasteiger partial charge in [0.2, 0.25) is 35.4 Å². The maximum atomic E-state index is 15.0. The molecule has 4 aliphatic rings. The fourth-order valence-electron chi connectivity index (χ4n) is 10.3. The zero-order valence-corrected chi connectivity index (χ0v) is 48.9. The Morgan fingerprint density at radius 1 is 0.744 bits per heavy atom. The molecule has 7 amide bonds. The second-order valence-corrected chi connectivity index (χ2v) is 24.3. The molecule has 4 bridgehead atoms. The number of hydrogen-bond acceptors (Lipinski definition) is 14. The van der Waals surface area contributed by atoms with Crippen molar-refractivity contribution in [2.45, 2.75) is 167 Å². The number of fused-ring (bicyclic) bond motifs is 3. The van der Waals surface area contributed by atoms with Gasteiger partial charge in [0.05, 0.1) is 34.2 Å². The van der Waals surface area contributed by atoms with Crippen molar-refractivity contribution in [2.75, 3.05) is 39.2 Å². The van der Waals surface area contributed by atoms with E-state index < -0.39 is 113 Å². The van der Waals surface area contributed by atoms with E-state index in [1.165, 1.54) is 61.3 Å². The number of thioether (sulfide) groups is 2. The highest BCUT2D eigenvalue weighted by Crippen LogP contribution is 2.34. The fourth-order valence-corrected chi connectivity index (χ4v) is 12.8. The summed E-state index contributed by atoms with van der Waals surface area (Å²) in [5.74, 6) is -5.53. The number of likely N-dealkylation sites (N-methyl/N-ethyl adjacent to an activating group) is 3. The van der Waals surface area contributed by atoms with E-state index in [-0.39, 0.29) is 48.6 Å². The van der Waals surface area contributed by atoms with Gasteiger partial charge in [-0.05, 0) is 82.8 Å². The number of carbonyl (C=O) groups is 8. The van der Waals surface area contributed by atoms with Crippen molar-refractivity contribution >= 4 is 80.9 Å². The van der Waals surface area contributed by atoms with Gasteiger partial charge >= 0.3 is 5.97 Å². The zero-order valence-electron chi connectivity index (χ0n) is 47.3. The second-order valence-electron chi connectivity index (χ2n) is 22.2. The Morgan fingerprint density at radius 3 is 1.95 bits per heavy atom. The zero-order chi connectivity index (χ0) is 57.3. The van der Waals surface area contributed by atoms with Crippen molar-refractivity contribution in [3.63, 3.8) is 0 Å². The number of hydrogen-bond donors (Lipinski definition) is 4. The number of nitrogens with one attached hydrogen (secondary N) is 3. The molecule has 1 saturated heterocycles. The monoisotopic (exact) mass is 1120 g/mol. The summed E-state index contributed by atoms with van der Waals surface area (Å²) in [6, 6.07) is 11.1. The largest absolute Gasteiger partial charge is 0.452 e. The minimum Gasteiger partial charge on any atom is -0.452 e. The molecule has 0 aliphatic carbocycles. The van der Waals surface area contributed by atoms with E-state index in [1.54, 1.807) is 55.0 Å². The minimum atomic E-state index is -1.50. The number of cyclic esters (lactones) is 1. The van der Waals surface area contributed by atoms with Crippen LogP contribution in [0.1, 0.15) is 99.1 Å². The van der Waals surface area contributed by atoms with Gasteiger partial charge in [0.1, 0.15) is 35.7 Å². The molecule has 0 radical (unpaired) electrons. The summed E-state index contributed by atoms with van der Waals surface area (Å²) in [5.41, 5.74) is 0.370. The summed E-state index contributed by atoms with van der Waals surface area (Å²) in [6.45, 7) is 15.8. The maximum absolute atomic E-state index is 15.0. The SMILES string of the molecule is CC[C@H]1NC(=O)[C@@]2(C)CSC(=N2)[C@H](Cc2ccccc2)N(C)C(=O)[C@@H]2CCCN2C(=O)[C@H](C(C)C)N(C)C(=O)[C@H](Cc2ccccc2)OC(=O)[C@H](C)[C@@H](C)NC(=O)[C@H]([C@@H](C)O)NC(=O)[C@H](CC(C)C)N(C)C(=O)[C@@H]2CSC1=N2. The number of nitrogens with zero attached hydrogens (tertiary/aromatic N) is 6. The number of aliphatic hydroxyl groups is 1. The predicted octanol–water partition coefficient (Wildman–Crippen LogP) is 3.89. The number of aliphatic imine (C=N–C) groups is 2. The third kappa shape index (κ3) is 14.5. The second kappa shape index (κ2) is 26.9. The number of aliphatic hydroxyl groups excluding tert-OH is 1. The highest BCUT2D eigenvalue weighted by atomic mass is 32.2. The highest BCUT2D eigenvalue weighted by molar-refractivity contribution is 8.14. The van der Waals surface area contributed by atoms with Crippen LogP contribution in [-0.2, 0) is 55.9 Å². The first-order valence-corrected chi connectivity index (χ1v) is 29.3. The van der Waals surface area contributed by atoms with E-state index in [2.05, 4.69) is 16.0 Å². The van der Waals surface area contributed by atoms with Gasteiger partial charge in [-0.25, -0.2) is 0 Å². The molecule has 19 nitrogen and oxygen atoms in total. The number of ether oxygens (including phenoxy) is 1. The number of rotatable bonds is 9. The maximum Gasteiger partial charge on any atom is 0.311 e. The molecule has 426 valence electrons. The summed E-state index contributed by atoms with van der Waals surface area (Å²) in [7, 11) is 4.70. The van der Waals surface area contributed by atoms with Crippen molar-refractivity contribution in [2.24, 2.45) is 27.7 Å². The lowest BCUT2D eigenvalue weighted by molar-refractivity contribution is -0.166. The van der Waals surface area contributed by atoms with Crippen molar-refractivity contribution in [3.05, 3.63) is 71.8 Å². The van der Waals surface area contributed by atoms with E-state index in [4.69, 9.17) is 14.7 Å². The van der Waals surface area contributed by atoms with Crippen LogP contribution in [0.2, 0.25) is 0 Å². The minimum absolute atomic E-state index is 0.0415. The van der Waals surface area contributed by atoms with Gasteiger partial charge in [0.15, 0.2) is 6.10 Å². The van der Waals surface area contributed by atoms with Crippen LogP contribution >= 0.6 is 23.5 Å². The van der Waals surface area contributed by atoms with Crippen LogP contribution in [0.4, 0.5) is 0 Å². The van der Waals surface area contributed by atoms with Gasteiger partial charge in [-0.2, -0.15) is 0 Å². The first kappa shape index (κ1) is 61.4. The molecule has 2 aromatic carbocycles. The predicted molar refractivity (Wildman–Crippen MR) is 303 cm³/mol.